The fraction of sp³-hybridized carbons (Fsp3) is 0.700. The lowest BCUT2D eigenvalue weighted by atomic mass is 10.1. The molecule has 0 aromatic rings. The molecule has 0 radical (unpaired) electrons. The van der Waals surface area contributed by atoms with E-state index in [1.54, 1.807) is 19.2 Å². The van der Waals surface area contributed by atoms with Gasteiger partial charge in [-0.1, -0.05) is 0 Å². The molecule has 0 aromatic carbocycles. The zero-order valence-corrected chi connectivity index (χ0v) is 10.7. The molecule has 0 amide bonds. The summed E-state index contributed by atoms with van der Waals surface area (Å²) in [6.45, 7) is 3.79. The second-order valence-corrected chi connectivity index (χ2v) is 3.98. The number of nitrogens with zero attached hydrogens (tertiary/aromatic N) is 1. The van der Waals surface area contributed by atoms with Gasteiger partial charge < -0.3 is 15.2 Å². The Morgan fingerprint density at radius 2 is 1.94 bits per heavy atom. The highest BCUT2D eigenvalue weighted by atomic mass is 32.2. The molecule has 2 N–H and O–H groups in total. The van der Waals surface area contributed by atoms with E-state index in [-0.39, 0.29) is 19.6 Å². The fourth-order valence-electron chi connectivity index (χ4n) is 1.11. The normalized spacial score (nSPS) is 13.3. The number of thioether (sulfide) groups is 1. The first-order chi connectivity index (χ1) is 8.06. The van der Waals surface area contributed by atoms with Crippen molar-refractivity contribution >= 4 is 23.7 Å². The lowest BCUT2D eigenvalue weighted by Crippen LogP contribution is -2.41. The molecule has 0 aliphatic carbocycles. The maximum atomic E-state index is 11.5. The Balaban J connectivity index is 4.43. The van der Waals surface area contributed by atoms with E-state index in [2.05, 4.69) is 0 Å². The first kappa shape index (κ1) is 15.7. The minimum absolute atomic E-state index is 0.119. The largest absolute Gasteiger partial charge is 0.466 e. The van der Waals surface area contributed by atoms with Crippen molar-refractivity contribution in [1.29, 1.82) is 5.26 Å². The van der Waals surface area contributed by atoms with Crippen molar-refractivity contribution in [2.24, 2.45) is 5.73 Å². The molecule has 0 saturated carbocycles. The van der Waals surface area contributed by atoms with Crippen LogP contribution in [-0.2, 0) is 19.1 Å². The zero-order valence-electron chi connectivity index (χ0n) is 9.84. The second kappa shape index (κ2) is 8.84. The first-order valence-electron chi connectivity index (χ1n) is 5.19. The lowest BCUT2D eigenvalue weighted by molar-refractivity contribution is -0.145. The summed E-state index contributed by atoms with van der Waals surface area (Å²) in [7, 11) is 0. The van der Waals surface area contributed by atoms with Gasteiger partial charge in [0.25, 0.3) is 0 Å². The average molecular weight is 260 g/mol. The van der Waals surface area contributed by atoms with Gasteiger partial charge in [-0.3, -0.25) is 9.59 Å². The third-order valence-corrected chi connectivity index (χ3v) is 2.70. The Kier molecular flexibility index (Phi) is 8.19. The van der Waals surface area contributed by atoms with Crippen LogP contribution in [0.15, 0.2) is 0 Å². The molecule has 17 heavy (non-hydrogen) atoms. The van der Waals surface area contributed by atoms with E-state index >= 15 is 0 Å². The van der Waals surface area contributed by atoms with Crippen molar-refractivity contribution < 1.29 is 19.1 Å². The highest BCUT2D eigenvalue weighted by Crippen LogP contribution is 2.16. The van der Waals surface area contributed by atoms with Crippen molar-refractivity contribution in [2.75, 3.05) is 13.2 Å². The molecule has 6 nitrogen and oxygen atoms in total. The molecule has 2 atom stereocenters. The van der Waals surface area contributed by atoms with Crippen molar-refractivity contribution in [3.63, 3.8) is 0 Å². The number of ether oxygens (including phenoxy) is 2. The molecule has 0 aromatic heterocycles. The van der Waals surface area contributed by atoms with Gasteiger partial charge in [-0.25, -0.2) is 0 Å². The molecule has 96 valence electrons. The van der Waals surface area contributed by atoms with E-state index in [1.807, 2.05) is 0 Å². The topological polar surface area (TPSA) is 102 Å². The van der Waals surface area contributed by atoms with Gasteiger partial charge in [-0.2, -0.15) is 5.26 Å². The Hall–Kier alpha value is -1.26. The second-order valence-electron chi connectivity index (χ2n) is 3.05. The molecule has 0 fully saturated rings. The molecule has 0 heterocycles. The number of nitriles is 1. The molecule has 0 spiro atoms. The Morgan fingerprint density at radius 3 is 2.41 bits per heavy atom. The number of carbonyl (C=O) groups excluding carboxylic acids is 2. The van der Waals surface area contributed by atoms with Gasteiger partial charge in [-0.15, -0.1) is 0 Å². The van der Waals surface area contributed by atoms with Gasteiger partial charge in [0.05, 0.1) is 19.6 Å². The summed E-state index contributed by atoms with van der Waals surface area (Å²) in [5, 5.41) is 9.48. The van der Waals surface area contributed by atoms with Crippen LogP contribution in [0.5, 0.6) is 0 Å². The van der Waals surface area contributed by atoms with E-state index in [1.165, 1.54) is 0 Å². The van der Waals surface area contributed by atoms with Crippen LogP contribution in [-0.4, -0.2) is 36.4 Å². The van der Waals surface area contributed by atoms with Gasteiger partial charge in [0.15, 0.2) is 0 Å². The highest BCUT2D eigenvalue weighted by molar-refractivity contribution is 8.05. The maximum absolute atomic E-state index is 11.5. The van der Waals surface area contributed by atoms with Crippen LogP contribution in [0.1, 0.15) is 20.3 Å². The molecular formula is C10H16N2O4S. The number of thiocyanates is 1. The van der Waals surface area contributed by atoms with Gasteiger partial charge in [0.2, 0.25) is 0 Å². The van der Waals surface area contributed by atoms with Gasteiger partial charge in [0, 0.05) is 6.04 Å². The minimum atomic E-state index is -0.871. The Morgan fingerprint density at radius 1 is 1.35 bits per heavy atom. The molecular weight excluding hydrogens is 244 g/mol. The molecule has 7 heteroatoms. The number of hydrogen-bond donors (Lipinski definition) is 1. The Bertz CT molecular complexity index is 303. The summed E-state index contributed by atoms with van der Waals surface area (Å²) in [6, 6.07) is -0.794. The molecule has 0 aliphatic heterocycles. The van der Waals surface area contributed by atoms with Crippen LogP contribution in [0.2, 0.25) is 0 Å². The van der Waals surface area contributed by atoms with E-state index < -0.39 is 23.2 Å². The third-order valence-electron chi connectivity index (χ3n) is 1.80. The maximum Gasteiger partial charge on any atom is 0.321 e. The van der Waals surface area contributed by atoms with Crippen molar-refractivity contribution in [2.45, 2.75) is 31.6 Å². The van der Waals surface area contributed by atoms with E-state index in [9.17, 15) is 9.59 Å². The summed E-state index contributed by atoms with van der Waals surface area (Å²) >= 11 is 0.691. The summed E-state index contributed by atoms with van der Waals surface area (Å²) in [6.07, 6.45) is -0.119. The van der Waals surface area contributed by atoms with Crippen LogP contribution in [0, 0.1) is 10.7 Å². The number of rotatable bonds is 7. The number of hydrogen-bond acceptors (Lipinski definition) is 7. The van der Waals surface area contributed by atoms with Gasteiger partial charge in [-0.05, 0) is 25.6 Å². The van der Waals surface area contributed by atoms with Crippen LogP contribution in [0.25, 0.3) is 0 Å². The van der Waals surface area contributed by atoms with Gasteiger partial charge in [0.1, 0.15) is 10.7 Å². The zero-order chi connectivity index (χ0) is 13.3. The van der Waals surface area contributed by atoms with E-state index in [4.69, 9.17) is 20.5 Å². The predicted octanol–water partition coefficient (Wildman–Crippen LogP) is 0.413. The third kappa shape index (κ3) is 6.14. The number of esters is 2. The molecule has 0 bridgehead atoms. The number of nitrogens with two attached hydrogens (primary N) is 1. The average Bonchev–Trinajstić information content (AvgIpc) is 2.26. The quantitative estimate of drug-likeness (QED) is 0.522. The van der Waals surface area contributed by atoms with Crippen LogP contribution in [0.3, 0.4) is 0 Å². The molecule has 2 unspecified atom stereocenters. The van der Waals surface area contributed by atoms with Crippen LogP contribution >= 0.6 is 11.8 Å². The van der Waals surface area contributed by atoms with Crippen molar-refractivity contribution in [1.82, 2.24) is 0 Å². The van der Waals surface area contributed by atoms with Crippen molar-refractivity contribution in [3.8, 4) is 5.40 Å². The lowest BCUT2D eigenvalue weighted by Gasteiger charge is -2.18. The predicted molar refractivity (Wildman–Crippen MR) is 62.9 cm³/mol. The molecule has 0 aliphatic rings. The summed E-state index contributed by atoms with van der Waals surface area (Å²) in [5.74, 6) is -1.08. The molecule has 0 rings (SSSR count). The van der Waals surface area contributed by atoms with Crippen LogP contribution < -0.4 is 5.73 Å². The summed E-state index contributed by atoms with van der Waals surface area (Å²) < 4.78 is 9.49. The number of carbonyl (C=O) groups is 2. The van der Waals surface area contributed by atoms with Gasteiger partial charge >= 0.3 is 11.9 Å². The smallest absolute Gasteiger partial charge is 0.321 e. The van der Waals surface area contributed by atoms with E-state index in [0.717, 1.165) is 0 Å². The Labute approximate surface area is 104 Å². The van der Waals surface area contributed by atoms with Crippen LogP contribution in [0.4, 0.5) is 0 Å². The highest BCUT2D eigenvalue weighted by Gasteiger charge is 2.29. The molecule has 0 saturated heterocycles. The summed E-state index contributed by atoms with van der Waals surface area (Å²) in [4.78, 5) is 22.7. The monoisotopic (exact) mass is 260 g/mol. The standard InChI is InChI=1S/C10H16N2O4S/c1-3-15-8(13)5-7(12)9(17-6-11)10(14)16-4-2/h7,9H,3-5,12H2,1-2H3. The fourth-order valence-corrected chi connectivity index (χ4v) is 1.66. The first-order valence-corrected chi connectivity index (χ1v) is 6.07. The van der Waals surface area contributed by atoms with E-state index in [0.29, 0.717) is 11.8 Å². The summed E-state index contributed by atoms with van der Waals surface area (Å²) in [5.41, 5.74) is 5.69. The SMILES string of the molecule is CCOC(=O)CC(N)C(SC#N)C(=O)OCC. The minimum Gasteiger partial charge on any atom is -0.466 e. The van der Waals surface area contributed by atoms with Crippen molar-refractivity contribution in [3.05, 3.63) is 0 Å².